The summed E-state index contributed by atoms with van der Waals surface area (Å²) in [4.78, 5) is 22.5. The first-order valence-corrected chi connectivity index (χ1v) is 6.83. The molecule has 0 aliphatic carbocycles. The van der Waals surface area contributed by atoms with Gasteiger partial charge in [-0.1, -0.05) is 23.7 Å². The zero-order valence-electron chi connectivity index (χ0n) is 11.3. The van der Waals surface area contributed by atoms with Gasteiger partial charge in [-0.25, -0.2) is 4.68 Å². The Morgan fingerprint density at radius 1 is 1.29 bits per heavy atom. The van der Waals surface area contributed by atoms with Gasteiger partial charge in [-0.15, -0.1) is 0 Å². The molecule has 0 saturated carbocycles. The SMILES string of the molecule is NC(=O)CCCNC(=O)c1ccn(-c2ccccc2Cl)n1. The van der Waals surface area contributed by atoms with Crippen molar-refractivity contribution in [3.8, 4) is 5.69 Å². The maximum absolute atomic E-state index is 11.9. The van der Waals surface area contributed by atoms with Crippen LogP contribution in [0.4, 0.5) is 0 Å². The van der Waals surface area contributed by atoms with Gasteiger partial charge in [0.15, 0.2) is 5.69 Å². The first kappa shape index (κ1) is 15.1. The molecule has 1 heterocycles. The van der Waals surface area contributed by atoms with Crippen LogP contribution in [-0.4, -0.2) is 28.1 Å². The van der Waals surface area contributed by atoms with E-state index in [0.717, 1.165) is 0 Å². The summed E-state index contributed by atoms with van der Waals surface area (Å²) in [7, 11) is 0. The number of halogens is 1. The molecular formula is C14H15ClN4O2. The normalized spacial score (nSPS) is 10.3. The van der Waals surface area contributed by atoms with Gasteiger partial charge < -0.3 is 11.1 Å². The highest BCUT2D eigenvalue weighted by atomic mass is 35.5. The van der Waals surface area contributed by atoms with Crippen molar-refractivity contribution in [2.45, 2.75) is 12.8 Å². The molecule has 2 amide bonds. The van der Waals surface area contributed by atoms with Crippen LogP contribution in [0.3, 0.4) is 0 Å². The fourth-order valence-electron chi connectivity index (χ4n) is 1.77. The van der Waals surface area contributed by atoms with E-state index in [2.05, 4.69) is 10.4 Å². The second kappa shape index (κ2) is 6.90. The van der Waals surface area contributed by atoms with E-state index in [1.807, 2.05) is 18.2 Å². The summed E-state index contributed by atoms with van der Waals surface area (Å²) in [6.07, 6.45) is 2.42. The van der Waals surface area contributed by atoms with Crippen LogP contribution in [0.25, 0.3) is 5.69 Å². The van der Waals surface area contributed by atoms with Gasteiger partial charge >= 0.3 is 0 Å². The number of nitrogens with one attached hydrogen (secondary N) is 1. The molecule has 21 heavy (non-hydrogen) atoms. The van der Waals surface area contributed by atoms with Crippen molar-refractivity contribution in [1.29, 1.82) is 0 Å². The third kappa shape index (κ3) is 4.06. The number of para-hydroxylation sites is 1. The summed E-state index contributed by atoms with van der Waals surface area (Å²) in [6, 6.07) is 8.83. The molecule has 0 atom stereocenters. The van der Waals surface area contributed by atoms with Crippen molar-refractivity contribution in [1.82, 2.24) is 15.1 Å². The van der Waals surface area contributed by atoms with Crippen molar-refractivity contribution >= 4 is 23.4 Å². The Kier molecular flexibility index (Phi) is 4.94. The van der Waals surface area contributed by atoms with Crippen LogP contribution >= 0.6 is 11.6 Å². The number of nitrogens with two attached hydrogens (primary N) is 1. The number of amides is 2. The minimum Gasteiger partial charge on any atom is -0.370 e. The van der Waals surface area contributed by atoms with E-state index in [1.54, 1.807) is 23.0 Å². The average molecular weight is 307 g/mol. The molecule has 0 aliphatic rings. The highest BCUT2D eigenvalue weighted by Gasteiger charge is 2.10. The maximum atomic E-state index is 11.9. The van der Waals surface area contributed by atoms with Crippen LogP contribution in [0.2, 0.25) is 5.02 Å². The second-order valence-corrected chi connectivity index (χ2v) is 4.83. The first-order valence-electron chi connectivity index (χ1n) is 6.45. The third-order valence-electron chi connectivity index (χ3n) is 2.81. The summed E-state index contributed by atoms with van der Waals surface area (Å²) in [5.41, 5.74) is 6.01. The lowest BCUT2D eigenvalue weighted by Gasteiger charge is -2.04. The quantitative estimate of drug-likeness (QED) is 0.793. The minimum atomic E-state index is -0.382. The molecule has 2 rings (SSSR count). The Labute approximate surface area is 126 Å². The molecule has 0 aliphatic heterocycles. The van der Waals surface area contributed by atoms with E-state index < -0.39 is 0 Å². The van der Waals surface area contributed by atoms with Crippen LogP contribution in [0.1, 0.15) is 23.3 Å². The lowest BCUT2D eigenvalue weighted by atomic mass is 10.3. The Morgan fingerprint density at radius 3 is 2.76 bits per heavy atom. The number of benzene rings is 1. The fourth-order valence-corrected chi connectivity index (χ4v) is 1.99. The molecule has 0 spiro atoms. The number of aromatic nitrogens is 2. The molecule has 1 aromatic carbocycles. The van der Waals surface area contributed by atoms with Crippen molar-refractivity contribution < 1.29 is 9.59 Å². The lowest BCUT2D eigenvalue weighted by molar-refractivity contribution is -0.118. The minimum absolute atomic E-state index is 0.244. The van der Waals surface area contributed by atoms with E-state index in [1.165, 1.54) is 0 Å². The van der Waals surface area contributed by atoms with Crippen LogP contribution in [0.15, 0.2) is 36.5 Å². The molecule has 0 unspecified atom stereocenters. The van der Waals surface area contributed by atoms with E-state index in [9.17, 15) is 9.59 Å². The number of carbonyl (C=O) groups is 2. The summed E-state index contributed by atoms with van der Waals surface area (Å²) >= 11 is 6.07. The van der Waals surface area contributed by atoms with Crippen molar-refractivity contribution in [2.24, 2.45) is 5.73 Å². The molecule has 1 aromatic heterocycles. The first-order chi connectivity index (χ1) is 10.1. The summed E-state index contributed by atoms with van der Waals surface area (Å²) in [5.74, 6) is -0.683. The Balaban J connectivity index is 1.98. The number of rotatable bonds is 6. The van der Waals surface area contributed by atoms with E-state index >= 15 is 0 Å². The van der Waals surface area contributed by atoms with Crippen LogP contribution in [0.5, 0.6) is 0 Å². The molecule has 7 heteroatoms. The molecule has 3 N–H and O–H groups in total. The Hall–Kier alpha value is -2.34. The topological polar surface area (TPSA) is 90.0 Å². The summed E-state index contributed by atoms with van der Waals surface area (Å²) in [6.45, 7) is 0.376. The zero-order valence-corrected chi connectivity index (χ0v) is 12.0. The Morgan fingerprint density at radius 2 is 2.05 bits per heavy atom. The van der Waals surface area contributed by atoms with E-state index in [0.29, 0.717) is 23.7 Å². The second-order valence-electron chi connectivity index (χ2n) is 4.42. The van der Waals surface area contributed by atoms with Gasteiger partial charge in [0, 0.05) is 19.2 Å². The summed E-state index contributed by atoms with van der Waals surface area (Å²) in [5, 5.41) is 7.41. The third-order valence-corrected chi connectivity index (χ3v) is 3.13. The molecule has 0 bridgehead atoms. The van der Waals surface area contributed by atoms with Gasteiger partial charge in [0.05, 0.1) is 10.7 Å². The number of carbonyl (C=O) groups excluding carboxylic acids is 2. The van der Waals surface area contributed by atoms with Crippen LogP contribution in [0, 0.1) is 0 Å². The molecule has 0 saturated heterocycles. The van der Waals surface area contributed by atoms with Gasteiger partial charge in [-0.2, -0.15) is 5.10 Å². The molecule has 0 radical (unpaired) electrons. The smallest absolute Gasteiger partial charge is 0.271 e. The summed E-state index contributed by atoms with van der Waals surface area (Å²) < 4.78 is 1.54. The van der Waals surface area contributed by atoms with Gasteiger partial charge in [-0.05, 0) is 24.6 Å². The van der Waals surface area contributed by atoms with Gasteiger partial charge in [0.2, 0.25) is 5.91 Å². The van der Waals surface area contributed by atoms with Gasteiger partial charge in [0.1, 0.15) is 0 Å². The standard InChI is InChI=1S/C14H15ClN4O2/c15-10-4-1-2-5-12(10)19-9-7-11(18-19)14(21)17-8-3-6-13(16)20/h1-2,4-5,7,9H,3,6,8H2,(H2,16,20)(H,17,21). The predicted octanol–water partition coefficient (Wildman–Crippen LogP) is 1.52. The largest absolute Gasteiger partial charge is 0.370 e. The van der Waals surface area contributed by atoms with E-state index in [-0.39, 0.29) is 23.9 Å². The van der Waals surface area contributed by atoms with Crippen LogP contribution in [-0.2, 0) is 4.79 Å². The molecule has 6 nitrogen and oxygen atoms in total. The number of nitrogens with zero attached hydrogens (tertiary/aromatic N) is 2. The number of primary amides is 1. The number of hydrogen-bond acceptors (Lipinski definition) is 3. The lowest BCUT2D eigenvalue weighted by Crippen LogP contribution is -2.26. The van der Waals surface area contributed by atoms with Crippen LogP contribution < -0.4 is 11.1 Å². The molecular weight excluding hydrogens is 292 g/mol. The highest BCUT2D eigenvalue weighted by molar-refractivity contribution is 6.32. The van der Waals surface area contributed by atoms with Gasteiger partial charge in [0.25, 0.3) is 5.91 Å². The van der Waals surface area contributed by atoms with E-state index in [4.69, 9.17) is 17.3 Å². The zero-order chi connectivity index (χ0) is 15.2. The predicted molar refractivity (Wildman–Crippen MR) is 79.3 cm³/mol. The molecule has 2 aromatic rings. The highest BCUT2D eigenvalue weighted by Crippen LogP contribution is 2.18. The fraction of sp³-hybridized carbons (Fsp3) is 0.214. The molecule has 110 valence electrons. The van der Waals surface area contributed by atoms with Crippen molar-refractivity contribution in [2.75, 3.05) is 6.54 Å². The average Bonchev–Trinajstić information content (AvgIpc) is 2.93. The van der Waals surface area contributed by atoms with Crippen molar-refractivity contribution in [3.63, 3.8) is 0 Å². The number of hydrogen-bond donors (Lipinski definition) is 2. The Bertz CT molecular complexity index is 654. The maximum Gasteiger partial charge on any atom is 0.271 e. The van der Waals surface area contributed by atoms with Crippen molar-refractivity contribution in [3.05, 3.63) is 47.2 Å². The monoisotopic (exact) mass is 306 g/mol. The molecule has 0 fully saturated rings. The van der Waals surface area contributed by atoms with Gasteiger partial charge in [-0.3, -0.25) is 9.59 Å².